The van der Waals surface area contributed by atoms with Crippen LogP contribution in [0.5, 0.6) is 0 Å². The number of nitrogens with zero attached hydrogens (tertiary/aromatic N) is 1. The maximum absolute atomic E-state index is 10.9. The Labute approximate surface area is 140 Å². The molecule has 0 spiro atoms. The van der Waals surface area contributed by atoms with Crippen LogP contribution in [0.4, 0.5) is 4.79 Å². The normalized spacial score (nSPS) is 15.7. The van der Waals surface area contributed by atoms with E-state index >= 15 is 0 Å². The van der Waals surface area contributed by atoms with E-state index < -0.39 is 6.09 Å². The number of amides is 1. The summed E-state index contributed by atoms with van der Waals surface area (Å²) in [7, 11) is 0. The molecule has 0 bridgehead atoms. The van der Waals surface area contributed by atoms with E-state index in [1.165, 1.54) is 21.2 Å². The molecule has 120 valence electrons. The first-order valence-corrected chi connectivity index (χ1v) is 8.79. The number of carboxylic acid groups (broad SMARTS) is 1. The highest BCUT2D eigenvalue weighted by molar-refractivity contribution is 8.13. The molecule has 2 aromatic carbocycles. The molecule has 2 aromatic rings. The van der Waals surface area contributed by atoms with Crippen LogP contribution in [-0.4, -0.2) is 34.2 Å². The molecule has 4 nitrogen and oxygen atoms in total. The summed E-state index contributed by atoms with van der Waals surface area (Å²) >= 11 is 1.57. The number of piperidine rings is 1. The van der Waals surface area contributed by atoms with Crippen molar-refractivity contribution in [2.75, 3.05) is 13.1 Å². The molecule has 0 atom stereocenters. The third-order valence-electron chi connectivity index (χ3n) is 4.34. The first kappa shape index (κ1) is 15.9. The van der Waals surface area contributed by atoms with Gasteiger partial charge in [0.15, 0.2) is 0 Å². The molecule has 2 N–H and O–H groups in total. The van der Waals surface area contributed by atoms with Gasteiger partial charge in [-0.15, -0.1) is 11.8 Å². The Bertz CT molecular complexity index is 724. The van der Waals surface area contributed by atoms with Crippen molar-refractivity contribution in [3.05, 3.63) is 48.0 Å². The molecule has 1 aliphatic rings. The van der Waals surface area contributed by atoms with Crippen LogP contribution in [0.15, 0.2) is 42.5 Å². The fourth-order valence-electron chi connectivity index (χ4n) is 2.94. The fraction of sp³-hybridized carbons (Fsp3) is 0.333. The Morgan fingerprint density at radius 3 is 2.57 bits per heavy atom. The van der Waals surface area contributed by atoms with Gasteiger partial charge in [-0.2, -0.15) is 0 Å². The number of fused-ring (bicyclic) bond motifs is 1. The Kier molecular flexibility index (Phi) is 4.86. The lowest BCUT2D eigenvalue weighted by atomic mass is 9.98. The summed E-state index contributed by atoms with van der Waals surface area (Å²) in [5.41, 5.74) is 1.22. The van der Waals surface area contributed by atoms with Crippen LogP contribution in [0, 0.1) is 11.3 Å². The summed E-state index contributed by atoms with van der Waals surface area (Å²) in [6.45, 7) is 1.08. The molecule has 0 saturated carbocycles. The van der Waals surface area contributed by atoms with E-state index in [1.807, 2.05) is 12.1 Å². The summed E-state index contributed by atoms with van der Waals surface area (Å²) < 4.78 is 0. The zero-order valence-electron chi connectivity index (χ0n) is 12.9. The number of benzene rings is 2. The zero-order valence-corrected chi connectivity index (χ0v) is 13.7. The fourth-order valence-corrected chi connectivity index (χ4v) is 3.91. The Hall–Kier alpha value is -2.01. The maximum atomic E-state index is 10.9. The molecule has 1 fully saturated rings. The topological polar surface area (TPSA) is 64.4 Å². The molecule has 1 saturated heterocycles. The molecule has 1 amide bonds. The molecule has 23 heavy (non-hydrogen) atoms. The molecule has 5 heteroatoms. The minimum absolute atomic E-state index is 0.205. The second-order valence-electron chi connectivity index (χ2n) is 5.88. The van der Waals surface area contributed by atoms with E-state index in [0.717, 1.165) is 18.6 Å². The lowest BCUT2D eigenvalue weighted by Gasteiger charge is -2.30. The zero-order chi connectivity index (χ0) is 16.2. The van der Waals surface area contributed by atoms with Crippen LogP contribution in [0.1, 0.15) is 18.4 Å². The molecule has 3 rings (SSSR count). The van der Waals surface area contributed by atoms with Crippen molar-refractivity contribution >= 4 is 33.7 Å². The van der Waals surface area contributed by atoms with Gasteiger partial charge in [0, 0.05) is 24.8 Å². The minimum atomic E-state index is -0.848. The first-order valence-electron chi connectivity index (χ1n) is 7.80. The van der Waals surface area contributed by atoms with Crippen LogP contribution in [0.25, 0.3) is 10.8 Å². The third kappa shape index (κ3) is 3.85. The minimum Gasteiger partial charge on any atom is -0.465 e. The Morgan fingerprint density at radius 1 is 1.17 bits per heavy atom. The highest BCUT2D eigenvalue weighted by Crippen LogP contribution is 2.26. The van der Waals surface area contributed by atoms with E-state index in [9.17, 15) is 4.79 Å². The van der Waals surface area contributed by atoms with Gasteiger partial charge in [0.05, 0.1) is 5.04 Å². The Balaban J connectivity index is 1.55. The smallest absolute Gasteiger partial charge is 0.407 e. The molecule has 1 aliphatic heterocycles. The summed E-state index contributed by atoms with van der Waals surface area (Å²) in [6.07, 6.45) is 0.671. The number of carbonyl (C=O) groups is 1. The maximum Gasteiger partial charge on any atom is 0.407 e. The molecule has 0 radical (unpaired) electrons. The number of hydrogen-bond acceptors (Lipinski definition) is 3. The van der Waals surface area contributed by atoms with E-state index in [-0.39, 0.29) is 5.92 Å². The van der Waals surface area contributed by atoms with Crippen LogP contribution in [-0.2, 0) is 5.75 Å². The first-order chi connectivity index (χ1) is 11.1. The average Bonchev–Trinajstić information content (AvgIpc) is 2.59. The van der Waals surface area contributed by atoms with Crippen molar-refractivity contribution in [3.63, 3.8) is 0 Å². The number of rotatable bonds is 3. The van der Waals surface area contributed by atoms with Gasteiger partial charge in [-0.3, -0.25) is 5.41 Å². The lowest BCUT2D eigenvalue weighted by molar-refractivity contribution is 0.131. The van der Waals surface area contributed by atoms with Gasteiger partial charge in [-0.1, -0.05) is 42.5 Å². The summed E-state index contributed by atoms with van der Waals surface area (Å²) in [6, 6.07) is 14.7. The standard InChI is InChI=1S/C18H20N2O2S/c19-17(15-7-9-20(10-8-15)18(21)22)23-12-13-5-6-14-3-1-2-4-16(14)11-13/h1-6,11,15,19H,7-10,12H2,(H,21,22). The summed E-state index contributed by atoms with van der Waals surface area (Å²) in [5.74, 6) is 0.999. The van der Waals surface area contributed by atoms with Crippen molar-refractivity contribution in [2.24, 2.45) is 5.92 Å². The molecule has 0 aromatic heterocycles. The van der Waals surface area contributed by atoms with Gasteiger partial charge in [0.25, 0.3) is 0 Å². The van der Waals surface area contributed by atoms with E-state index in [0.29, 0.717) is 18.1 Å². The van der Waals surface area contributed by atoms with Gasteiger partial charge in [-0.25, -0.2) is 4.79 Å². The lowest BCUT2D eigenvalue weighted by Crippen LogP contribution is -2.38. The quantitative estimate of drug-likeness (QED) is 0.646. The van der Waals surface area contributed by atoms with Gasteiger partial charge >= 0.3 is 6.09 Å². The van der Waals surface area contributed by atoms with Crippen molar-refractivity contribution in [3.8, 4) is 0 Å². The molecule has 0 unspecified atom stereocenters. The van der Waals surface area contributed by atoms with E-state index in [4.69, 9.17) is 10.5 Å². The van der Waals surface area contributed by atoms with Gasteiger partial charge in [-0.05, 0) is 29.2 Å². The van der Waals surface area contributed by atoms with E-state index in [1.54, 1.807) is 11.8 Å². The van der Waals surface area contributed by atoms with Crippen molar-refractivity contribution in [1.29, 1.82) is 5.41 Å². The van der Waals surface area contributed by atoms with Crippen LogP contribution in [0.3, 0.4) is 0 Å². The van der Waals surface area contributed by atoms with Gasteiger partial charge < -0.3 is 10.0 Å². The van der Waals surface area contributed by atoms with Gasteiger partial charge in [0.1, 0.15) is 0 Å². The van der Waals surface area contributed by atoms with Crippen molar-refractivity contribution < 1.29 is 9.90 Å². The second-order valence-corrected chi connectivity index (χ2v) is 6.90. The summed E-state index contributed by atoms with van der Waals surface area (Å²) in [5, 5.41) is 20.4. The van der Waals surface area contributed by atoms with Crippen molar-refractivity contribution in [2.45, 2.75) is 18.6 Å². The summed E-state index contributed by atoms with van der Waals surface area (Å²) in [4.78, 5) is 12.4. The van der Waals surface area contributed by atoms with Crippen LogP contribution in [0.2, 0.25) is 0 Å². The number of thioether (sulfide) groups is 1. The molecule has 1 heterocycles. The highest BCUT2D eigenvalue weighted by atomic mass is 32.2. The predicted octanol–water partition coefficient (Wildman–Crippen LogP) is 4.44. The predicted molar refractivity (Wildman–Crippen MR) is 95.3 cm³/mol. The van der Waals surface area contributed by atoms with Crippen molar-refractivity contribution in [1.82, 2.24) is 4.90 Å². The largest absolute Gasteiger partial charge is 0.465 e. The van der Waals surface area contributed by atoms with Crippen LogP contribution < -0.4 is 0 Å². The molecular weight excluding hydrogens is 308 g/mol. The van der Waals surface area contributed by atoms with Gasteiger partial charge in [0.2, 0.25) is 0 Å². The highest BCUT2D eigenvalue weighted by Gasteiger charge is 2.25. The number of nitrogens with one attached hydrogen (secondary N) is 1. The SMILES string of the molecule is N=C(SCc1ccc2ccccc2c1)C1CCN(C(=O)O)CC1. The Morgan fingerprint density at radius 2 is 1.87 bits per heavy atom. The number of likely N-dealkylation sites (tertiary alicyclic amines) is 1. The number of hydrogen-bond donors (Lipinski definition) is 2. The monoisotopic (exact) mass is 328 g/mol. The second kappa shape index (κ2) is 7.04. The van der Waals surface area contributed by atoms with E-state index in [2.05, 4.69) is 30.3 Å². The van der Waals surface area contributed by atoms with Crippen LogP contribution >= 0.6 is 11.8 Å². The molecular formula is C18H20N2O2S. The third-order valence-corrected chi connectivity index (χ3v) is 5.47. The average molecular weight is 328 g/mol. The molecule has 0 aliphatic carbocycles.